The number of hydrogen-bond donors (Lipinski definition) is 2. The summed E-state index contributed by atoms with van der Waals surface area (Å²) in [5, 5.41) is 10.2. The molecule has 0 aromatic carbocycles. The standard InChI is InChI=1S/C2H4N2OS.Zn/c5-3-1-2-4-6;/h1-2,5-6H;. The van der Waals surface area contributed by atoms with Gasteiger partial charge in [-0.05, 0) is 12.8 Å². The van der Waals surface area contributed by atoms with Crippen LogP contribution < -0.4 is 0 Å². The van der Waals surface area contributed by atoms with Crippen LogP contribution in [0.15, 0.2) is 9.55 Å². The summed E-state index contributed by atoms with van der Waals surface area (Å²) >= 11 is 3.42. The number of hydrogen-bond acceptors (Lipinski definition) is 4. The number of rotatable bonds is 1. The van der Waals surface area contributed by atoms with Gasteiger partial charge in [-0.2, -0.15) is 0 Å². The smallest absolute Gasteiger partial charge is 0.0850 e. The summed E-state index contributed by atoms with van der Waals surface area (Å²) in [4.78, 5) is 0. The van der Waals surface area contributed by atoms with Crippen molar-refractivity contribution in [1.29, 1.82) is 0 Å². The van der Waals surface area contributed by atoms with E-state index in [9.17, 15) is 0 Å². The molecular weight excluding hydrogens is 165 g/mol. The minimum absolute atomic E-state index is 0. The summed E-state index contributed by atoms with van der Waals surface area (Å²) in [6.45, 7) is 0. The van der Waals surface area contributed by atoms with Crippen LogP contribution in [0.4, 0.5) is 0 Å². The Kier molecular flexibility index (Phi) is 13.7. The average Bonchev–Trinajstić information content (AvgIpc) is 1.61. The van der Waals surface area contributed by atoms with Gasteiger partial charge in [-0.25, -0.2) is 4.40 Å². The summed E-state index contributed by atoms with van der Waals surface area (Å²) in [7, 11) is 0. The molecule has 0 aliphatic heterocycles. The molecule has 0 rings (SSSR count). The van der Waals surface area contributed by atoms with Crippen LogP contribution in [0.2, 0.25) is 0 Å². The molecule has 0 aliphatic carbocycles. The molecule has 3 nitrogen and oxygen atoms in total. The molecule has 1 N–H and O–H groups in total. The SMILES string of the molecule is ON=CC=NS.[Zn]. The zero-order chi connectivity index (χ0) is 4.83. The molecule has 0 heterocycles. The van der Waals surface area contributed by atoms with E-state index in [0.29, 0.717) is 0 Å². The van der Waals surface area contributed by atoms with Gasteiger partial charge in [-0.15, -0.1) is 0 Å². The van der Waals surface area contributed by atoms with E-state index in [1.807, 2.05) is 0 Å². The van der Waals surface area contributed by atoms with Crippen molar-refractivity contribution in [2.75, 3.05) is 0 Å². The predicted octanol–water partition coefficient (Wildman–Crippen LogP) is 0.359. The molecule has 0 amide bonds. The number of nitrogens with zero attached hydrogens (tertiary/aromatic N) is 2. The zero-order valence-corrected chi connectivity index (χ0v) is 7.51. The van der Waals surface area contributed by atoms with Gasteiger partial charge in [-0.3, -0.25) is 0 Å². The summed E-state index contributed by atoms with van der Waals surface area (Å²) in [5.41, 5.74) is 0. The third-order valence-corrected chi connectivity index (χ3v) is 0.333. The first-order valence-electron chi connectivity index (χ1n) is 1.25. The van der Waals surface area contributed by atoms with Crippen LogP contribution in [0.25, 0.3) is 0 Å². The van der Waals surface area contributed by atoms with E-state index in [1.165, 1.54) is 6.21 Å². The van der Waals surface area contributed by atoms with Crippen LogP contribution in [-0.2, 0) is 19.5 Å². The molecule has 36 valence electrons. The summed E-state index contributed by atoms with van der Waals surface area (Å²) in [6, 6.07) is 0. The molecule has 0 fully saturated rings. The van der Waals surface area contributed by atoms with Gasteiger partial charge in [-0.1, -0.05) is 5.16 Å². The Labute approximate surface area is 59.8 Å². The maximum Gasteiger partial charge on any atom is 0.0850 e. The molecule has 0 aromatic rings. The zero-order valence-electron chi connectivity index (χ0n) is 3.65. The van der Waals surface area contributed by atoms with E-state index in [1.54, 1.807) is 0 Å². The Hall–Kier alpha value is 0.113. The second-order valence-electron chi connectivity index (χ2n) is 0.529. The molecule has 7 heavy (non-hydrogen) atoms. The van der Waals surface area contributed by atoms with Crippen LogP contribution >= 0.6 is 12.8 Å². The van der Waals surface area contributed by atoms with Gasteiger partial charge < -0.3 is 5.21 Å². The van der Waals surface area contributed by atoms with E-state index < -0.39 is 0 Å². The largest absolute Gasteiger partial charge is 0.411 e. The Morgan fingerprint density at radius 2 is 2.00 bits per heavy atom. The summed E-state index contributed by atoms with van der Waals surface area (Å²) < 4.78 is 3.19. The van der Waals surface area contributed by atoms with Crippen LogP contribution in [0.3, 0.4) is 0 Å². The van der Waals surface area contributed by atoms with Gasteiger partial charge in [0.15, 0.2) is 0 Å². The van der Waals surface area contributed by atoms with E-state index in [4.69, 9.17) is 5.21 Å². The van der Waals surface area contributed by atoms with Crippen LogP contribution in [0.1, 0.15) is 0 Å². The Morgan fingerprint density at radius 3 is 2.14 bits per heavy atom. The average molecular weight is 170 g/mol. The Balaban J connectivity index is 0. The fourth-order valence-electron chi connectivity index (χ4n) is 0.0596. The Morgan fingerprint density at radius 1 is 1.43 bits per heavy atom. The van der Waals surface area contributed by atoms with Gasteiger partial charge in [0.2, 0.25) is 0 Å². The molecular formula is C2H4N2OSZn. The van der Waals surface area contributed by atoms with Gasteiger partial charge in [0.1, 0.15) is 0 Å². The molecule has 0 aliphatic rings. The first-order chi connectivity index (χ1) is 2.91. The number of oxime groups is 1. The van der Waals surface area contributed by atoms with Crippen molar-refractivity contribution in [3.63, 3.8) is 0 Å². The fourth-order valence-corrected chi connectivity index (χ4v) is 0.119. The van der Waals surface area contributed by atoms with E-state index in [2.05, 4.69) is 22.4 Å². The number of thiol groups is 1. The Bertz CT molecular complexity index is 64.1. The minimum Gasteiger partial charge on any atom is -0.411 e. The van der Waals surface area contributed by atoms with Crippen molar-refractivity contribution in [3.8, 4) is 0 Å². The molecule has 0 bridgehead atoms. The monoisotopic (exact) mass is 168 g/mol. The van der Waals surface area contributed by atoms with Crippen molar-refractivity contribution in [2.24, 2.45) is 9.55 Å². The van der Waals surface area contributed by atoms with Crippen molar-refractivity contribution in [2.45, 2.75) is 0 Å². The molecule has 0 aromatic heterocycles. The third kappa shape index (κ3) is 10.7. The van der Waals surface area contributed by atoms with Crippen LogP contribution in [-0.4, -0.2) is 17.6 Å². The van der Waals surface area contributed by atoms with Crippen molar-refractivity contribution >= 4 is 25.2 Å². The van der Waals surface area contributed by atoms with E-state index in [-0.39, 0.29) is 19.5 Å². The first-order valence-corrected chi connectivity index (χ1v) is 1.65. The van der Waals surface area contributed by atoms with Gasteiger partial charge in [0, 0.05) is 19.5 Å². The molecule has 0 spiro atoms. The minimum atomic E-state index is 0. The third-order valence-electron chi connectivity index (χ3n) is 0.200. The maximum atomic E-state index is 7.64. The van der Waals surface area contributed by atoms with Gasteiger partial charge in [0.25, 0.3) is 0 Å². The molecule has 0 radical (unpaired) electrons. The topological polar surface area (TPSA) is 45.0 Å². The predicted molar refractivity (Wildman–Crippen MR) is 27.8 cm³/mol. The second-order valence-corrected chi connectivity index (χ2v) is 0.760. The van der Waals surface area contributed by atoms with Gasteiger partial charge >= 0.3 is 0 Å². The van der Waals surface area contributed by atoms with E-state index in [0.717, 1.165) is 6.21 Å². The first kappa shape index (κ1) is 10.2. The van der Waals surface area contributed by atoms with Crippen LogP contribution in [0.5, 0.6) is 0 Å². The van der Waals surface area contributed by atoms with Crippen molar-refractivity contribution in [1.82, 2.24) is 0 Å². The second kappa shape index (κ2) is 9.45. The molecule has 0 atom stereocenters. The quantitative estimate of drug-likeness (QED) is 0.192. The normalized spacial score (nSPS) is 9.86. The molecule has 0 saturated carbocycles. The maximum absolute atomic E-state index is 7.64. The van der Waals surface area contributed by atoms with Gasteiger partial charge in [0.05, 0.1) is 12.4 Å². The molecule has 0 saturated heterocycles. The molecule has 5 heteroatoms. The summed E-state index contributed by atoms with van der Waals surface area (Å²) in [6.07, 6.45) is 2.37. The molecule has 0 unspecified atom stereocenters. The summed E-state index contributed by atoms with van der Waals surface area (Å²) in [5.74, 6) is 0. The van der Waals surface area contributed by atoms with Crippen molar-refractivity contribution < 1.29 is 24.7 Å². The fraction of sp³-hybridized carbons (Fsp3) is 0. The van der Waals surface area contributed by atoms with Crippen molar-refractivity contribution in [3.05, 3.63) is 0 Å². The van der Waals surface area contributed by atoms with Crippen LogP contribution in [0, 0.1) is 0 Å². The van der Waals surface area contributed by atoms with E-state index >= 15 is 0 Å².